The van der Waals surface area contributed by atoms with Gasteiger partial charge in [-0.15, -0.1) is 24.0 Å². The largest absolute Gasteiger partial charge is 0.380 e. The molecule has 2 N–H and O–H groups in total. The highest BCUT2D eigenvalue weighted by molar-refractivity contribution is 14.0. The molecule has 0 unspecified atom stereocenters. The molecule has 0 aliphatic carbocycles. The SMILES string of the molecule is CCCCN=C(NCC)NCCOCCC(C)C.I. The second kappa shape index (κ2) is 16.0. The van der Waals surface area contributed by atoms with Crippen LogP contribution in [0.25, 0.3) is 0 Å². The summed E-state index contributed by atoms with van der Waals surface area (Å²) in [4.78, 5) is 4.49. The molecule has 0 saturated heterocycles. The Hall–Kier alpha value is -0.0400. The first-order valence-corrected chi connectivity index (χ1v) is 7.30. The molecule has 0 saturated carbocycles. The highest BCUT2D eigenvalue weighted by atomic mass is 127. The van der Waals surface area contributed by atoms with E-state index in [4.69, 9.17) is 4.74 Å². The van der Waals surface area contributed by atoms with Crippen LogP contribution in [0, 0.1) is 5.92 Å². The predicted octanol–water partition coefficient (Wildman–Crippen LogP) is 3.02. The number of hydrogen-bond acceptors (Lipinski definition) is 2. The van der Waals surface area contributed by atoms with Crippen LogP contribution in [0.15, 0.2) is 4.99 Å². The second-order valence-electron chi connectivity index (χ2n) is 4.84. The van der Waals surface area contributed by atoms with E-state index in [1.54, 1.807) is 0 Å². The molecule has 0 rings (SSSR count). The van der Waals surface area contributed by atoms with Crippen LogP contribution in [-0.4, -0.2) is 38.8 Å². The maximum absolute atomic E-state index is 5.55. The average molecular weight is 385 g/mol. The van der Waals surface area contributed by atoms with Gasteiger partial charge in [0.05, 0.1) is 6.61 Å². The number of hydrogen-bond donors (Lipinski definition) is 2. The summed E-state index contributed by atoms with van der Waals surface area (Å²) in [5, 5.41) is 6.52. The molecule has 19 heavy (non-hydrogen) atoms. The zero-order valence-corrected chi connectivity index (χ0v) is 15.3. The predicted molar refractivity (Wildman–Crippen MR) is 94.6 cm³/mol. The molecule has 0 heterocycles. The number of ether oxygens (including phenoxy) is 1. The van der Waals surface area contributed by atoms with Gasteiger partial charge in [0, 0.05) is 26.2 Å². The molecular weight excluding hydrogens is 353 g/mol. The molecule has 0 aromatic carbocycles. The normalized spacial score (nSPS) is 11.3. The molecule has 0 bridgehead atoms. The van der Waals surface area contributed by atoms with Crippen molar-refractivity contribution in [1.29, 1.82) is 0 Å². The van der Waals surface area contributed by atoms with E-state index < -0.39 is 0 Å². The Morgan fingerprint density at radius 1 is 1.16 bits per heavy atom. The van der Waals surface area contributed by atoms with Crippen molar-refractivity contribution in [2.24, 2.45) is 10.9 Å². The highest BCUT2D eigenvalue weighted by Crippen LogP contribution is 1.98. The molecule has 116 valence electrons. The second-order valence-corrected chi connectivity index (χ2v) is 4.84. The standard InChI is InChI=1S/C14H31N3O.HI/c1-5-7-9-16-14(15-6-2)17-10-12-18-11-8-13(3)4;/h13H,5-12H2,1-4H3,(H2,15,16,17);1H. The number of aliphatic imine (C=N–C) groups is 1. The molecule has 0 aliphatic heterocycles. The summed E-state index contributed by atoms with van der Waals surface area (Å²) < 4.78 is 5.55. The van der Waals surface area contributed by atoms with Gasteiger partial charge in [-0.25, -0.2) is 0 Å². The van der Waals surface area contributed by atoms with Crippen LogP contribution in [0.2, 0.25) is 0 Å². The van der Waals surface area contributed by atoms with Crippen LogP contribution < -0.4 is 10.6 Å². The van der Waals surface area contributed by atoms with E-state index in [0.29, 0.717) is 5.92 Å². The Balaban J connectivity index is 0. The summed E-state index contributed by atoms with van der Waals surface area (Å²) in [6.07, 6.45) is 3.45. The van der Waals surface area contributed by atoms with Crippen molar-refractivity contribution in [3.63, 3.8) is 0 Å². The van der Waals surface area contributed by atoms with Crippen LogP contribution in [0.5, 0.6) is 0 Å². The van der Waals surface area contributed by atoms with E-state index in [-0.39, 0.29) is 24.0 Å². The van der Waals surface area contributed by atoms with Crippen LogP contribution in [0.1, 0.15) is 47.0 Å². The lowest BCUT2D eigenvalue weighted by Gasteiger charge is -2.11. The van der Waals surface area contributed by atoms with Gasteiger partial charge in [0.25, 0.3) is 0 Å². The molecule has 0 radical (unpaired) electrons. The average Bonchev–Trinajstić information content (AvgIpc) is 2.33. The van der Waals surface area contributed by atoms with Gasteiger partial charge in [-0.05, 0) is 25.7 Å². The van der Waals surface area contributed by atoms with Crippen molar-refractivity contribution in [1.82, 2.24) is 10.6 Å². The fraction of sp³-hybridized carbons (Fsp3) is 0.929. The number of guanidine groups is 1. The Kier molecular flexibility index (Phi) is 17.9. The summed E-state index contributed by atoms with van der Waals surface area (Å²) in [6.45, 7) is 12.9. The van der Waals surface area contributed by atoms with E-state index in [9.17, 15) is 0 Å². The fourth-order valence-electron chi connectivity index (χ4n) is 1.35. The zero-order chi connectivity index (χ0) is 13.6. The van der Waals surface area contributed by atoms with Gasteiger partial charge >= 0.3 is 0 Å². The molecule has 0 aliphatic rings. The number of nitrogens with zero attached hydrogens (tertiary/aromatic N) is 1. The van der Waals surface area contributed by atoms with Gasteiger partial charge in [0.15, 0.2) is 5.96 Å². The van der Waals surface area contributed by atoms with E-state index in [1.807, 2.05) is 0 Å². The third-order valence-corrected chi connectivity index (χ3v) is 2.50. The van der Waals surface area contributed by atoms with Gasteiger partial charge in [0.1, 0.15) is 0 Å². The summed E-state index contributed by atoms with van der Waals surface area (Å²) in [7, 11) is 0. The summed E-state index contributed by atoms with van der Waals surface area (Å²) in [5.41, 5.74) is 0. The first-order chi connectivity index (χ1) is 8.70. The Morgan fingerprint density at radius 2 is 1.89 bits per heavy atom. The fourth-order valence-corrected chi connectivity index (χ4v) is 1.35. The first kappa shape index (κ1) is 21.3. The Labute approximate surface area is 136 Å². The van der Waals surface area contributed by atoms with Crippen molar-refractivity contribution in [3.05, 3.63) is 0 Å². The summed E-state index contributed by atoms with van der Waals surface area (Å²) in [6, 6.07) is 0. The summed E-state index contributed by atoms with van der Waals surface area (Å²) >= 11 is 0. The van der Waals surface area contributed by atoms with Crippen molar-refractivity contribution >= 4 is 29.9 Å². The molecule has 0 atom stereocenters. The lowest BCUT2D eigenvalue weighted by atomic mass is 10.1. The minimum Gasteiger partial charge on any atom is -0.380 e. The number of halogens is 1. The van der Waals surface area contributed by atoms with Gasteiger partial charge in [-0.2, -0.15) is 0 Å². The smallest absolute Gasteiger partial charge is 0.191 e. The van der Waals surface area contributed by atoms with Crippen molar-refractivity contribution in [2.45, 2.75) is 47.0 Å². The Morgan fingerprint density at radius 3 is 2.47 bits per heavy atom. The number of rotatable bonds is 10. The van der Waals surface area contributed by atoms with E-state index in [1.165, 1.54) is 6.42 Å². The van der Waals surface area contributed by atoms with Gasteiger partial charge in [0.2, 0.25) is 0 Å². The Bertz CT molecular complexity index is 211. The summed E-state index contributed by atoms with van der Waals surface area (Å²) in [5.74, 6) is 1.62. The lowest BCUT2D eigenvalue weighted by molar-refractivity contribution is 0.128. The molecular formula is C14H32IN3O. The number of nitrogens with one attached hydrogen (secondary N) is 2. The van der Waals surface area contributed by atoms with Crippen molar-refractivity contribution < 1.29 is 4.74 Å². The van der Waals surface area contributed by atoms with E-state index >= 15 is 0 Å². The van der Waals surface area contributed by atoms with Gasteiger partial charge in [-0.1, -0.05) is 27.2 Å². The molecule has 0 aromatic heterocycles. The molecule has 4 nitrogen and oxygen atoms in total. The molecule has 0 spiro atoms. The molecule has 0 fully saturated rings. The quantitative estimate of drug-likeness (QED) is 0.263. The third-order valence-electron chi connectivity index (χ3n) is 2.50. The van der Waals surface area contributed by atoms with Crippen LogP contribution in [-0.2, 0) is 4.74 Å². The highest BCUT2D eigenvalue weighted by Gasteiger charge is 1.97. The minimum atomic E-state index is 0. The topological polar surface area (TPSA) is 45.7 Å². The van der Waals surface area contributed by atoms with Crippen LogP contribution >= 0.6 is 24.0 Å². The van der Waals surface area contributed by atoms with Crippen LogP contribution in [0.3, 0.4) is 0 Å². The molecule has 0 aromatic rings. The van der Waals surface area contributed by atoms with Gasteiger partial charge in [-0.3, -0.25) is 4.99 Å². The van der Waals surface area contributed by atoms with Crippen molar-refractivity contribution in [3.8, 4) is 0 Å². The zero-order valence-electron chi connectivity index (χ0n) is 13.0. The van der Waals surface area contributed by atoms with Crippen LogP contribution in [0.4, 0.5) is 0 Å². The maximum Gasteiger partial charge on any atom is 0.191 e. The third kappa shape index (κ3) is 15.9. The van der Waals surface area contributed by atoms with Crippen molar-refractivity contribution in [2.75, 3.05) is 32.8 Å². The molecule has 0 amide bonds. The minimum absolute atomic E-state index is 0. The van der Waals surface area contributed by atoms with E-state index in [0.717, 1.165) is 51.6 Å². The first-order valence-electron chi connectivity index (χ1n) is 7.30. The molecule has 5 heteroatoms. The van der Waals surface area contributed by atoms with Gasteiger partial charge < -0.3 is 15.4 Å². The maximum atomic E-state index is 5.55. The number of unbranched alkanes of at least 4 members (excludes halogenated alkanes) is 1. The van der Waals surface area contributed by atoms with E-state index in [2.05, 4.69) is 43.3 Å². The lowest BCUT2D eigenvalue weighted by Crippen LogP contribution is -2.39. The monoisotopic (exact) mass is 385 g/mol.